The second-order valence-corrected chi connectivity index (χ2v) is 5.33. The standard InChI is InChI=1S/C14H19N3O/c15-9-14(6-2-1-3-7-14)13-16-11-5-4-10(18)8-12(11)17-13/h4-5,8,18H,1-3,6-7,9,15H2,(H,16,17). The molecule has 0 amide bonds. The van der Waals surface area contributed by atoms with E-state index in [2.05, 4.69) is 9.97 Å². The monoisotopic (exact) mass is 245 g/mol. The zero-order valence-electron chi connectivity index (χ0n) is 10.4. The second-order valence-electron chi connectivity index (χ2n) is 5.33. The molecule has 1 aromatic carbocycles. The number of hydrogen-bond acceptors (Lipinski definition) is 3. The maximum atomic E-state index is 9.50. The third-order valence-electron chi connectivity index (χ3n) is 4.17. The number of aromatic hydroxyl groups is 1. The van der Waals surface area contributed by atoms with Crippen LogP contribution >= 0.6 is 0 Å². The van der Waals surface area contributed by atoms with Gasteiger partial charge in [0.15, 0.2) is 0 Å². The van der Waals surface area contributed by atoms with Crippen molar-refractivity contribution in [2.24, 2.45) is 5.73 Å². The fourth-order valence-electron chi connectivity index (χ4n) is 3.01. The molecule has 0 unspecified atom stereocenters. The largest absolute Gasteiger partial charge is 0.508 e. The highest BCUT2D eigenvalue weighted by Crippen LogP contribution is 2.38. The Labute approximate surface area is 106 Å². The van der Waals surface area contributed by atoms with E-state index in [4.69, 9.17) is 5.73 Å². The van der Waals surface area contributed by atoms with Crippen molar-refractivity contribution in [3.63, 3.8) is 0 Å². The van der Waals surface area contributed by atoms with Crippen molar-refractivity contribution in [3.8, 4) is 5.75 Å². The molecule has 2 aromatic rings. The van der Waals surface area contributed by atoms with Crippen LogP contribution in [-0.4, -0.2) is 21.6 Å². The van der Waals surface area contributed by atoms with Crippen molar-refractivity contribution in [1.29, 1.82) is 0 Å². The van der Waals surface area contributed by atoms with Crippen LogP contribution in [0.4, 0.5) is 0 Å². The zero-order chi connectivity index (χ0) is 12.6. The van der Waals surface area contributed by atoms with Crippen LogP contribution in [0.25, 0.3) is 11.0 Å². The Morgan fingerprint density at radius 2 is 2.06 bits per heavy atom. The predicted molar refractivity (Wildman–Crippen MR) is 71.6 cm³/mol. The summed E-state index contributed by atoms with van der Waals surface area (Å²) < 4.78 is 0. The molecule has 4 heteroatoms. The third-order valence-corrected chi connectivity index (χ3v) is 4.17. The molecule has 1 aromatic heterocycles. The second kappa shape index (κ2) is 4.28. The molecule has 18 heavy (non-hydrogen) atoms. The minimum Gasteiger partial charge on any atom is -0.508 e. The maximum absolute atomic E-state index is 9.50. The van der Waals surface area contributed by atoms with Gasteiger partial charge in [-0.3, -0.25) is 0 Å². The van der Waals surface area contributed by atoms with Crippen LogP contribution in [0.5, 0.6) is 5.75 Å². The number of aromatic nitrogens is 2. The van der Waals surface area contributed by atoms with Crippen molar-refractivity contribution in [2.45, 2.75) is 37.5 Å². The summed E-state index contributed by atoms with van der Waals surface area (Å²) in [5, 5.41) is 9.50. The maximum Gasteiger partial charge on any atom is 0.117 e. The van der Waals surface area contributed by atoms with Crippen LogP contribution in [0.15, 0.2) is 18.2 Å². The first-order valence-electron chi connectivity index (χ1n) is 6.63. The Bertz CT molecular complexity index is 555. The number of benzene rings is 1. The van der Waals surface area contributed by atoms with Gasteiger partial charge in [-0.2, -0.15) is 0 Å². The molecule has 0 radical (unpaired) electrons. The molecule has 0 spiro atoms. The van der Waals surface area contributed by atoms with Gasteiger partial charge in [-0.15, -0.1) is 0 Å². The predicted octanol–water partition coefficient (Wildman–Crippen LogP) is 2.43. The van der Waals surface area contributed by atoms with Gasteiger partial charge in [0.2, 0.25) is 0 Å². The minimum atomic E-state index is 0.00683. The Hall–Kier alpha value is -1.55. The van der Waals surface area contributed by atoms with Crippen molar-refractivity contribution in [3.05, 3.63) is 24.0 Å². The van der Waals surface area contributed by atoms with Gasteiger partial charge in [0.25, 0.3) is 0 Å². The molecule has 0 atom stereocenters. The van der Waals surface area contributed by atoms with Gasteiger partial charge < -0.3 is 15.8 Å². The van der Waals surface area contributed by atoms with Crippen molar-refractivity contribution < 1.29 is 5.11 Å². The van der Waals surface area contributed by atoms with Crippen LogP contribution in [-0.2, 0) is 5.41 Å². The van der Waals surface area contributed by atoms with E-state index < -0.39 is 0 Å². The molecule has 1 fully saturated rings. The summed E-state index contributed by atoms with van der Waals surface area (Å²) in [7, 11) is 0. The molecular weight excluding hydrogens is 226 g/mol. The van der Waals surface area contributed by atoms with Gasteiger partial charge in [-0.1, -0.05) is 19.3 Å². The molecule has 1 aliphatic carbocycles. The summed E-state index contributed by atoms with van der Waals surface area (Å²) in [4.78, 5) is 8.02. The molecule has 1 aliphatic rings. The molecule has 4 nitrogen and oxygen atoms in total. The number of aromatic amines is 1. The number of nitrogens with one attached hydrogen (secondary N) is 1. The van der Waals surface area contributed by atoms with Crippen LogP contribution in [0, 0.1) is 0 Å². The molecule has 1 heterocycles. The van der Waals surface area contributed by atoms with E-state index in [0.29, 0.717) is 6.54 Å². The number of rotatable bonds is 2. The first-order valence-corrected chi connectivity index (χ1v) is 6.63. The third kappa shape index (κ3) is 1.77. The molecule has 1 saturated carbocycles. The van der Waals surface area contributed by atoms with E-state index in [0.717, 1.165) is 29.7 Å². The number of phenolic OH excluding ortho intramolecular Hbond substituents is 1. The molecule has 0 aliphatic heterocycles. The summed E-state index contributed by atoms with van der Waals surface area (Å²) in [6.45, 7) is 0.638. The first-order chi connectivity index (χ1) is 8.73. The Morgan fingerprint density at radius 1 is 1.28 bits per heavy atom. The van der Waals surface area contributed by atoms with Crippen LogP contribution < -0.4 is 5.73 Å². The Balaban J connectivity index is 2.06. The lowest BCUT2D eigenvalue weighted by molar-refractivity contribution is 0.288. The van der Waals surface area contributed by atoms with Crippen LogP contribution in [0.2, 0.25) is 0 Å². The normalized spacial score (nSPS) is 19.2. The summed E-state index contributed by atoms with van der Waals surface area (Å²) in [6.07, 6.45) is 5.95. The SMILES string of the molecule is NCC1(c2nc3ccc(O)cc3[nH]2)CCCCC1. The number of H-pyrrole nitrogens is 1. The van der Waals surface area contributed by atoms with E-state index in [1.165, 1.54) is 19.3 Å². The van der Waals surface area contributed by atoms with E-state index >= 15 is 0 Å². The number of phenols is 1. The zero-order valence-corrected chi connectivity index (χ0v) is 10.4. The Kier molecular flexibility index (Phi) is 2.74. The highest BCUT2D eigenvalue weighted by atomic mass is 16.3. The first kappa shape index (κ1) is 11.5. The lowest BCUT2D eigenvalue weighted by atomic mass is 9.73. The number of nitrogens with two attached hydrogens (primary N) is 1. The topological polar surface area (TPSA) is 74.9 Å². The van der Waals surface area contributed by atoms with Crippen LogP contribution in [0.3, 0.4) is 0 Å². The molecule has 4 N–H and O–H groups in total. The van der Waals surface area contributed by atoms with Crippen molar-refractivity contribution >= 4 is 11.0 Å². The summed E-state index contributed by atoms with van der Waals surface area (Å²) in [6, 6.07) is 5.24. The highest BCUT2D eigenvalue weighted by Gasteiger charge is 2.35. The molecule has 3 rings (SSSR count). The Morgan fingerprint density at radius 3 is 2.78 bits per heavy atom. The lowest BCUT2D eigenvalue weighted by Gasteiger charge is -2.34. The van der Waals surface area contributed by atoms with E-state index in [1.807, 2.05) is 6.07 Å². The number of hydrogen-bond donors (Lipinski definition) is 3. The fraction of sp³-hybridized carbons (Fsp3) is 0.500. The van der Waals surface area contributed by atoms with Crippen molar-refractivity contribution in [1.82, 2.24) is 9.97 Å². The summed E-state index contributed by atoms with van der Waals surface area (Å²) in [5.74, 6) is 1.26. The van der Waals surface area contributed by atoms with Gasteiger partial charge in [-0.25, -0.2) is 4.98 Å². The fourth-order valence-corrected chi connectivity index (χ4v) is 3.01. The molecule has 0 bridgehead atoms. The van der Waals surface area contributed by atoms with E-state index in [-0.39, 0.29) is 11.2 Å². The minimum absolute atomic E-state index is 0.00683. The quantitative estimate of drug-likeness (QED) is 0.760. The number of fused-ring (bicyclic) bond motifs is 1. The van der Waals surface area contributed by atoms with Gasteiger partial charge in [-0.05, 0) is 25.0 Å². The number of nitrogens with zero attached hydrogens (tertiary/aromatic N) is 1. The molecule has 96 valence electrons. The van der Waals surface area contributed by atoms with E-state index in [9.17, 15) is 5.11 Å². The lowest BCUT2D eigenvalue weighted by Crippen LogP contribution is -2.38. The summed E-state index contributed by atoms with van der Waals surface area (Å²) in [5.41, 5.74) is 7.82. The summed E-state index contributed by atoms with van der Waals surface area (Å²) >= 11 is 0. The van der Waals surface area contributed by atoms with Crippen LogP contribution in [0.1, 0.15) is 37.9 Å². The average molecular weight is 245 g/mol. The molecular formula is C14H19N3O. The van der Waals surface area contributed by atoms with Crippen molar-refractivity contribution in [2.75, 3.05) is 6.54 Å². The highest BCUT2D eigenvalue weighted by molar-refractivity contribution is 5.76. The van der Waals surface area contributed by atoms with E-state index in [1.54, 1.807) is 12.1 Å². The molecule has 0 saturated heterocycles. The average Bonchev–Trinajstić information content (AvgIpc) is 2.83. The smallest absolute Gasteiger partial charge is 0.117 e. The van der Waals surface area contributed by atoms with Gasteiger partial charge in [0, 0.05) is 18.0 Å². The van der Waals surface area contributed by atoms with Gasteiger partial charge in [0.1, 0.15) is 11.6 Å². The number of imidazole rings is 1. The van der Waals surface area contributed by atoms with Gasteiger partial charge >= 0.3 is 0 Å². The van der Waals surface area contributed by atoms with Gasteiger partial charge in [0.05, 0.1) is 11.0 Å².